The third-order valence-electron chi connectivity index (χ3n) is 5.04. The van der Waals surface area contributed by atoms with Gasteiger partial charge in [0.15, 0.2) is 10.2 Å². The number of benzene rings is 4. The summed E-state index contributed by atoms with van der Waals surface area (Å²) in [6.07, 6.45) is 0. The molecule has 36 heavy (non-hydrogen) atoms. The summed E-state index contributed by atoms with van der Waals surface area (Å²) < 4.78 is 0. The Hall–Kier alpha value is -3.96. The maximum atomic E-state index is 11.2. The van der Waals surface area contributed by atoms with Crippen molar-refractivity contribution in [2.24, 2.45) is 0 Å². The SMILES string of the molecule is CC(=O)Sc1ccc(C#Cc2ccc(-c3ccc(C#Cc4ccc(SC(C)=O)cc4)cc3)cc2)cc1. The Balaban J connectivity index is 1.39. The fourth-order valence-corrected chi connectivity index (χ4v) is 4.53. The van der Waals surface area contributed by atoms with Crippen LogP contribution in [0.4, 0.5) is 0 Å². The zero-order valence-corrected chi connectivity index (χ0v) is 21.5. The molecule has 0 saturated carbocycles. The lowest BCUT2D eigenvalue weighted by Gasteiger charge is -2.02. The van der Waals surface area contributed by atoms with Gasteiger partial charge in [-0.15, -0.1) is 0 Å². The molecule has 174 valence electrons. The lowest BCUT2D eigenvalue weighted by atomic mass is 10.0. The molecule has 0 spiro atoms. The molecule has 0 amide bonds. The Morgan fingerprint density at radius 3 is 0.944 bits per heavy atom. The van der Waals surface area contributed by atoms with Crippen LogP contribution in [0, 0.1) is 23.7 Å². The van der Waals surface area contributed by atoms with Crippen LogP contribution in [0.1, 0.15) is 36.1 Å². The van der Waals surface area contributed by atoms with Crippen molar-refractivity contribution in [3.05, 3.63) is 119 Å². The van der Waals surface area contributed by atoms with Crippen molar-refractivity contribution in [2.75, 3.05) is 0 Å². The lowest BCUT2D eigenvalue weighted by Crippen LogP contribution is -1.83. The van der Waals surface area contributed by atoms with Crippen molar-refractivity contribution in [3.63, 3.8) is 0 Å². The van der Waals surface area contributed by atoms with Crippen molar-refractivity contribution in [1.82, 2.24) is 0 Å². The number of carbonyl (C=O) groups is 2. The molecule has 4 aromatic carbocycles. The summed E-state index contributed by atoms with van der Waals surface area (Å²) in [6, 6.07) is 31.7. The minimum atomic E-state index is 0.0734. The second-order valence-electron chi connectivity index (χ2n) is 7.89. The largest absolute Gasteiger partial charge is 0.287 e. The maximum Gasteiger partial charge on any atom is 0.190 e. The van der Waals surface area contributed by atoms with Crippen LogP contribution < -0.4 is 0 Å². The summed E-state index contributed by atoms with van der Waals surface area (Å²) in [5.41, 5.74) is 5.94. The molecule has 0 bridgehead atoms. The molecule has 4 heteroatoms. The van der Waals surface area contributed by atoms with E-state index in [1.807, 2.05) is 72.8 Å². The number of hydrogen-bond acceptors (Lipinski definition) is 4. The van der Waals surface area contributed by atoms with Crippen molar-refractivity contribution >= 4 is 33.8 Å². The predicted octanol–water partition coefficient (Wildman–Crippen LogP) is 7.43. The van der Waals surface area contributed by atoms with Gasteiger partial charge in [-0.3, -0.25) is 9.59 Å². The smallest absolute Gasteiger partial charge is 0.190 e. The quantitative estimate of drug-likeness (QED) is 0.215. The minimum absolute atomic E-state index is 0.0734. The van der Waals surface area contributed by atoms with Crippen LogP contribution in [-0.2, 0) is 9.59 Å². The van der Waals surface area contributed by atoms with Gasteiger partial charge in [0.25, 0.3) is 0 Å². The van der Waals surface area contributed by atoms with E-state index < -0.39 is 0 Å². The molecule has 0 atom stereocenters. The van der Waals surface area contributed by atoms with Crippen molar-refractivity contribution in [1.29, 1.82) is 0 Å². The lowest BCUT2D eigenvalue weighted by molar-refractivity contribution is -0.109. The normalized spacial score (nSPS) is 9.94. The van der Waals surface area contributed by atoms with Gasteiger partial charge in [-0.2, -0.15) is 0 Å². The van der Waals surface area contributed by atoms with E-state index in [0.29, 0.717) is 0 Å². The average molecular weight is 503 g/mol. The summed E-state index contributed by atoms with van der Waals surface area (Å²) in [5.74, 6) is 12.7. The summed E-state index contributed by atoms with van der Waals surface area (Å²) in [4.78, 5) is 24.2. The fourth-order valence-electron chi connectivity index (χ4n) is 3.33. The molecule has 4 aromatic rings. The van der Waals surface area contributed by atoms with Gasteiger partial charge in [0.1, 0.15) is 0 Å². The highest BCUT2D eigenvalue weighted by molar-refractivity contribution is 8.13. The number of hydrogen-bond donors (Lipinski definition) is 0. The summed E-state index contributed by atoms with van der Waals surface area (Å²) in [7, 11) is 0. The van der Waals surface area contributed by atoms with Gasteiger partial charge >= 0.3 is 0 Å². The number of thioether (sulfide) groups is 2. The highest BCUT2D eigenvalue weighted by Gasteiger charge is 2.00. The van der Waals surface area contributed by atoms with Crippen LogP contribution in [0.2, 0.25) is 0 Å². The first-order valence-electron chi connectivity index (χ1n) is 11.3. The van der Waals surface area contributed by atoms with Crippen molar-refractivity contribution in [2.45, 2.75) is 23.6 Å². The Kier molecular flexibility index (Phi) is 8.48. The topological polar surface area (TPSA) is 34.1 Å². The molecule has 0 N–H and O–H groups in total. The molecule has 4 rings (SSSR count). The van der Waals surface area contributed by atoms with Crippen molar-refractivity contribution in [3.8, 4) is 34.8 Å². The standard InChI is InChI=1S/C32H22O2S2/c1-23(33)35-31-19-11-27(12-20-31)5-3-25-7-15-29(16-8-25)30-17-9-26(10-18-30)4-6-28-13-21-32(22-14-28)36-24(2)34/h7-22H,1-2H3. The minimum Gasteiger partial charge on any atom is -0.287 e. The third kappa shape index (κ3) is 7.52. The maximum absolute atomic E-state index is 11.2. The Morgan fingerprint density at radius 1 is 0.444 bits per heavy atom. The van der Waals surface area contributed by atoms with Crippen LogP contribution in [-0.4, -0.2) is 10.2 Å². The van der Waals surface area contributed by atoms with Crippen molar-refractivity contribution < 1.29 is 9.59 Å². The first-order valence-corrected chi connectivity index (χ1v) is 12.9. The molecule has 0 aliphatic heterocycles. The highest BCUT2D eigenvalue weighted by atomic mass is 32.2. The molecule has 2 nitrogen and oxygen atoms in total. The first-order chi connectivity index (χ1) is 17.4. The van der Waals surface area contributed by atoms with E-state index in [-0.39, 0.29) is 10.2 Å². The van der Waals surface area contributed by atoms with Crippen LogP contribution in [0.5, 0.6) is 0 Å². The predicted molar refractivity (Wildman–Crippen MR) is 150 cm³/mol. The van der Waals surface area contributed by atoms with Gasteiger partial charge in [-0.1, -0.05) is 71.5 Å². The number of carbonyl (C=O) groups excluding carboxylic acids is 2. The van der Waals surface area contributed by atoms with Crippen LogP contribution in [0.15, 0.2) is 107 Å². The molecule has 0 fully saturated rings. The van der Waals surface area contributed by atoms with E-state index in [4.69, 9.17) is 0 Å². The van der Waals surface area contributed by atoms with Gasteiger partial charge in [0.2, 0.25) is 0 Å². The van der Waals surface area contributed by atoms with Gasteiger partial charge < -0.3 is 0 Å². The van der Waals surface area contributed by atoms with Gasteiger partial charge in [-0.05, 0) is 83.9 Å². The molecule has 0 radical (unpaired) electrons. The Bertz CT molecular complexity index is 1370. The van der Waals surface area contributed by atoms with Crippen LogP contribution in [0.25, 0.3) is 11.1 Å². The monoisotopic (exact) mass is 502 g/mol. The molecule has 0 aliphatic rings. The molecular weight excluding hydrogens is 480 g/mol. The first kappa shape index (κ1) is 25.1. The second-order valence-corrected chi connectivity index (χ2v) is 10.4. The van der Waals surface area contributed by atoms with Crippen LogP contribution >= 0.6 is 23.5 Å². The summed E-state index contributed by atoms with van der Waals surface area (Å²) >= 11 is 2.44. The van der Waals surface area contributed by atoms with E-state index in [9.17, 15) is 9.59 Å². The molecule has 0 aliphatic carbocycles. The molecular formula is C32H22O2S2. The van der Waals surface area contributed by atoms with Gasteiger partial charge in [-0.25, -0.2) is 0 Å². The van der Waals surface area contributed by atoms with E-state index in [0.717, 1.165) is 43.2 Å². The summed E-state index contributed by atoms with van der Waals surface area (Å²) in [5, 5.41) is 0.147. The van der Waals surface area contributed by atoms with E-state index >= 15 is 0 Å². The number of rotatable bonds is 3. The zero-order valence-electron chi connectivity index (χ0n) is 19.9. The second kappa shape index (κ2) is 12.1. The van der Waals surface area contributed by atoms with E-state index in [1.54, 1.807) is 13.8 Å². The highest BCUT2D eigenvalue weighted by Crippen LogP contribution is 2.22. The Labute approximate surface area is 220 Å². The van der Waals surface area contributed by atoms with E-state index in [1.165, 1.54) is 23.5 Å². The molecule has 0 unspecified atom stereocenters. The van der Waals surface area contributed by atoms with Gasteiger partial charge in [0.05, 0.1) is 0 Å². The fraction of sp³-hybridized carbons (Fsp3) is 0.0625. The molecule has 0 heterocycles. The molecule has 0 aromatic heterocycles. The Morgan fingerprint density at radius 2 is 0.694 bits per heavy atom. The molecule has 0 saturated heterocycles. The van der Waals surface area contributed by atoms with Crippen LogP contribution in [0.3, 0.4) is 0 Å². The summed E-state index contributed by atoms with van der Waals surface area (Å²) in [6.45, 7) is 3.12. The zero-order chi connectivity index (χ0) is 25.3. The third-order valence-corrected chi connectivity index (χ3v) is 6.63. The van der Waals surface area contributed by atoms with E-state index in [2.05, 4.69) is 47.9 Å². The van der Waals surface area contributed by atoms with Gasteiger partial charge in [0, 0.05) is 45.9 Å². The average Bonchev–Trinajstić information content (AvgIpc) is 2.88.